The van der Waals surface area contributed by atoms with Gasteiger partial charge in [-0.3, -0.25) is 9.59 Å². The number of carbonyl (C=O) groups is 1. The van der Waals surface area contributed by atoms with E-state index in [1.54, 1.807) is 6.07 Å². The Hall–Kier alpha value is -1.62. The molecule has 1 aromatic heterocycles. The number of H-pyrrole nitrogens is 1. The van der Waals surface area contributed by atoms with E-state index in [0.29, 0.717) is 6.54 Å². The van der Waals surface area contributed by atoms with Gasteiger partial charge in [0.2, 0.25) is 0 Å². The first-order valence-corrected chi connectivity index (χ1v) is 5.24. The zero-order chi connectivity index (χ0) is 12.1. The van der Waals surface area contributed by atoms with Gasteiger partial charge in [-0.1, -0.05) is 13.8 Å². The van der Waals surface area contributed by atoms with Gasteiger partial charge in [-0.05, 0) is 18.1 Å². The van der Waals surface area contributed by atoms with Crippen LogP contribution in [0.1, 0.15) is 24.2 Å². The van der Waals surface area contributed by atoms with E-state index in [1.165, 1.54) is 12.3 Å². The van der Waals surface area contributed by atoms with Crippen LogP contribution in [0.5, 0.6) is 0 Å². The smallest absolute Gasteiger partial charge is 0.260 e. The lowest BCUT2D eigenvalue weighted by atomic mass is 10.1. The molecule has 0 aliphatic carbocycles. The van der Waals surface area contributed by atoms with Crippen LogP contribution in [0.15, 0.2) is 23.1 Å². The molecule has 0 fully saturated rings. The Balaban J connectivity index is 2.61. The van der Waals surface area contributed by atoms with Crippen LogP contribution < -0.4 is 16.6 Å². The molecule has 1 amide bonds. The van der Waals surface area contributed by atoms with Crippen LogP contribution in [0, 0.1) is 5.92 Å². The van der Waals surface area contributed by atoms with Crippen LogP contribution in [-0.4, -0.2) is 23.5 Å². The quantitative estimate of drug-likeness (QED) is 0.676. The molecule has 0 saturated carbocycles. The number of hydrogen-bond donors (Lipinski definition) is 3. The van der Waals surface area contributed by atoms with Crippen molar-refractivity contribution in [3.63, 3.8) is 0 Å². The van der Waals surface area contributed by atoms with E-state index in [4.69, 9.17) is 5.73 Å². The Kier molecular flexibility index (Phi) is 4.25. The van der Waals surface area contributed by atoms with Gasteiger partial charge in [0.05, 0.1) is 0 Å². The summed E-state index contributed by atoms with van der Waals surface area (Å²) in [6.45, 7) is 4.32. The third-order valence-electron chi connectivity index (χ3n) is 2.42. The highest BCUT2D eigenvalue weighted by Gasteiger charge is 2.12. The minimum atomic E-state index is -0.391. The summed E-state index contributed by atoms with van der Waals surface area (Å²) in [4.78, 5) is 25.3. The molecule has 0 spiro atoms. The molecular weight excluding hydrogens is 206 g/mol. The second-order valence-corrected chi connectivity index (χ2v) is 4.03. The van der Waals surface area contributed by atoms with Crippen molar-refractivity contribution in [3.05, 3.63) is 34.2 Å². The maximum absolute atomic E-state index is 11.6. The van der Waals surface area contributed by atoms with Crippen molar-refractivity contribution in [2.45, 2.75) is 19.9 Å². The molecule has 0 radical (unpaired) electrons. The highest BCUT2D eigenvalue weighted by atomic mass is 16.2. The lowest BCUT2D eigenvalue weighted by Crippen LogP contribution is -2.41. The topological polar surface area (TPSA) is 88.0 Å². The van der Waals surface area contributed by atoms with E-state index in [1.807, 2.05) is 13.8 Å². The van der Waals surface area contributed by atoms with Gasteiger partial charge in [0, 0.05) is 18.8 Å². The summed E-state index contributed by atoms with van der Waals surface area (Å²) in [6.07, 6.45) is 1.49. The van der Waals surface area contributed by atoms with Crippen LogP contribution in [0.25, 0.3) is 0 Å². The monoisotopic (exact) mass is 223 g/mol. The lowest BCUT2D eigenvalue weighted by Gasteiger charge is -2.15. The molecule has 0 aliphatic heterocycles. The van der Waals surface area contributed by atoms with Gasteiger partial charge >= 0.3 is 0 Å². The Morgan fingerprint density at radius 1 is 1.56 bits per heavy atom. The number of nitrogens with one attached hydrogen (secondary N) is 2. The third-order valence-corrected chi connectivity index (χ3v) is 2.42. The molecule has 1 unspecified atom stereocenters. The molecule has 0 aromatic carbocycles. The summed E-state index contributed by atoms with van der Waals surface area (Å²) < 4.78 is 0. The van der Waals surface area contributed by atoms with E-state index < -0.39 is 11.5 Å². The van der Waals surface area contributed by atoms with Gasteiger partial charge in [-0.15, -0.1) is 0 Å². The predicted molar refractivity (Wildman–Crippen MR) is 62.2 cm³/mol. The lowest BCUT2D eigenvalue weighted by molar-refractivity contribution is 0.0947. The molecule has 1 atom stereocenters. The third kappa shape index (κ3) is 3.20. The van der Waals surface area contributed by atoms with Crippen molar-refractivity contribution >= 4 is 5.91 Å². The molecule has 0 saturated heterocycles. The molecule has 0 aliphatic rings. The number of aromatic amines is 1. The number of amides is 1. The average Bonchev–Trinajstić information content (AvgIpc) is 2.25. The fourth-order valence-electron chi connectivity index (χ4n) is 1.14. The van der Waals surface area contributed by atoms with E-state index >= 15 is 0 Å². The van der Waals surface area contributed by atoms with Crippen molar-refractivity contribution in [2.24, 2.45) is 11.7 Å². The predicted octanol–water partition coefficient (Wildman–Crippen LogP) is 0.0880. The summed E-state index contributed by atoms with van der Waals surface area (Å²) in [5.74, 6) is -0.104. The van der Waals surface area contributed by atoms with Gasteiger partial charge < -0.3 is 16.0 Å². The van der Waals surface area contributed by atoms with Crippen LogP contribution in [0.3, 0.4) is 0 Å². The number of carbonyl (C=O) groups excluding carboxylic acids is 1. The standard InChI is InChI=1S/C11H17N3O2/c1-7(2)9(12)6-14-11(16)8-4-3-5-13-10(8)15/h3-5,7,9H,6,12H2,1-2H3,(H,13,15)(H,14,16). The number of aromatic nitrogens is 1. The van der Waals surface area contributed by atoms with Gasteiger partial charge in [-0.25, -0.2) is 0 Å². The van der Waals surface area contributed by atoms with Gasteiger partial charge in [-0.2, -0.15) is 0 Å². The number of rotatable bonds is 4. The van der Waals surface area contributed by atoms with Crippen molar-refractivity contribution in [1.29, 1.82) is 0 Å². The molecule has 5 heteroatoms. The SMILES string of the molecule is CC(C)C(N)CNC(=O)c1ccc[nH]c1=O. The Morgan fingerprint density at radius 2 is 2.25 bits per heavy atom. The zero-order valence-electron chi connectivity index (χ0n) is 9.49. The number of hydrogen-bond acceptors (Lipinski definition) is 3. The molecule has 1 aromatic rings. The Labute approximate surface area is 94.1 Å². The maximum atomic E-state index is 11.6. The first-order chi connectivity index (χ1) is 7.52. The molecule has 1 rings (SSSR count). The van der Waals surface area contributed by atoms with E-state index in [2.05, 4.69) is 10.3 Å². The fourth-order valence-corrected chi connectivity index (χ4v) is 1.14. The first kappa shape index (κ1) is 12.4. The molecule has 88 valence electrons. The fraction of sp³-hybridized carbons (Fsp3) is 0.455. The van der Waals surface area contributed by atoms with Crippen LogP contribution in [-0.2, 0) is 0 Å². The van der Waals surface area contributed by atoms with Crippen LogP contribution in [0.2, 0.25) is 0 Å². The molecular formula is C11H17N3O2. The Morgan fingerprint density at radius 3 is 2.81 bits per heavy atom. The number of nitrogens with two attached hydrogens (primary N) is 1. The van der Waals surface area contributed by atoms with E-state index in [-0.39, 0.29) is 17.5 Å². The first-order valence-electron chi connectivity index (χ1n) is 5.24. The Bertz CT molecular complexity index is 412. The largest absolute Gasteiger partial charge is 0.350 e. The van der Waals surface area contributed by atoms with Crippen LogP contribution >= 0.6 is 0 Å². The van der Waals surface area contributed by atoms with Gasteiger partial charge in [0.1, 0.15) is 5.56 Å². The summed E-state index contributed by atoms with van der Waals surface area (Å²) in [5, 5.41) is 2.64. The summed E-state index contributed by atoms with van der Waals surface area (Å²) in [6, 6.07) is 2.99. The molecule has 16 heavy (non-hydrogen) atoms. The molecule has 0 bridgehead atoms. The van der Waals surface area contributed by atoms with Crippen molar-refractivity contribution in [2.75, 3.05) is 6.54 Å². The molecule has 4 N–H and O–H groups in total. The minimum Gasteiger partial charge on any atom is -0.350 e. The highest BCUT2D eigenvalue weighted by molar-refractivity contribution is 5.93. The van der Waals surface area contributed by atoms with E-state index in [0.717, 1.165) is 0 Å². The van der Waals surface area contributed by atoms with Crippen LogP contribution in [0.4, 0.5) is 0 Å². The molecule has 5 nitrogen and oxygen atoms in total. The zero-order valence-corrected chi connectivity index (χ0v) is 9.49. The summed E-state index contributed by atoms with van der Waals surface area (Å²) >= 11 is 0. The van der Waals surface area contributed by atoms with Crippen molar-refractivity contribution in [1.82, 2.24) is 10.3 Å². The normalized spacial score (nSPS) is 12.5. The van der Waals surface area contributed by atoms with Gasteiger partial charge in [0.15, 0.2) is 0 Å². The maximum Gasteiger partial charge on any atom is 0.260 e. The van der Waals surface area contributed by atoms with Gasteiger partial charge in [0.25, 0.3) is 11.5 Å². The second kappa shape index (κ2) is 5.46. The number of pyridine rings is 1. The van der Waals surface area contributed by atoms with Crippen molar-refractivity contribution in [3.8, 4) is 0 Å². The average molecular weight is 223 g/mol. The summed E-state index contributed by atoms with van der Waals surface area (Å²) in [5.41, 5.74) is 5.50. The summed E-state index contributed by atoms with van der Waals surface area (Å²) in [7, 11) is 0. The highest BCUT2D eigenvalue weighted by Crippen LogP contribution is 1.97. The van der Waals surface area contributed by atoms with E-state index in [9.17, 15) is 9.59 Å². The van der Waals surface area contributed by atoms with Crippen molar-refractivity contribution < 1.29 is 4.79 Å². The second-order valence-electron chi connectivity index (χ2n) is 4.03. The molecule has 1 heterocycles. The minimum absolute atomic E-state index is 0.105.